The highest BCUT2D eigenvalue weighted by Crippen LogP contribution is 2.15. The Labute approximate surface area is 106 Å². The molecule has 0 heterocycles. The molecular formula is C12H15NO3S. The van der Waals surface area contributed by atoms with Crippen LogP contribution in [0.5, 0.6) is 5.75 Å². The van der Waals surface area contributed by atoms with E-state index in [1.165, 1.54) is 0 Å². The lowest BCUT2D eigenvalue weighted by Crippen LogP contribution is -2.26. The van der Waals surface area contributed by atoms with Gasteiger partial charge in [-0.3, -0.25) is 0 Å². The van der Waals surface area contributed by atoms with Crippen LogP contribution in [-0.2, 0) is 9.53 Å². The molecule has 5 heteroatoms. The van der Waals surface area contributed by atoms with Crippen molar-refractivity contribution in [2.24, 2.45) is 5.73 Å². The summed E-state index contributed by atoms with van der Waals surface area (Å²) in [5.74, 6) is 0.143. The van der Waals surface area contributed by atoms with Crippen LogP contribution in [0, 0.1) is 0 Å². The molecule has 92 valence electrons. The zero-order chi connectivity index (χ0) is 12.8. The van der Waals surface area contributed by atoms with Crippen molar-refractivity contribution >= 4 is 23.2 Å². The van der Waals surface area contributed by atoms with E-state index in [4.69, 9.17) is 27.4 Å². The summed E-state index contributed by atoms with van der Waals surface area (Å²) in [5.41, 5.74) is 6.21. The molecule has 0 aliphatic heterocycles. The zero-order valence-corrected chi connectivity index (χ0v) is 10.6. The SMILES string of the molecule is CCOC(=O)C(C)Oc1cccc(C(N)=S)c1. The van der Waals surface area contributed by atoms with Gasteiger partial charge in [0.2, 0.25) is 0 Å². The van der Waals surface area contributed by atoms with Gasteiger partial charge >= 0.3 is 5.97 Å². The van der Waals surface area contributed by atoms with Crippen LogP contribution >= 0.6 is 12.2 Å². The fourth-order valence-corrected chi connectivity index (χ4v) is 1.36. The standard InChI is InChI=1S/C12H15NO3S/c1-3-15-12(14)8(2)16-10-6-4-5-9(7-10)11(13)17/h4-8H,3H2,1-2H3,(H2,13,17). The van der Waals surface area contributed by atoms with E-state index in [1.807, 2.05) is 0 Å². The van der Waals surface area contributed by atoms with Crippen molar-refractivity contribution in [1.82, 2.24) is 0 Å². The van der Waals surface area contributed by atoms with Gasteiger partial charge in [-0.2, -0.15) is 0 Å². The lowest BCUT2D eigenvalue weighted by atomic mass is 10.2. The second-order valence-electron chi connectivity index (χ2n) is 3.40. The molecule has 0 bridgehead atoms. The molecule has 1 atom stereocenters. The number of hydrogen-bond acceptors (Lipinski definition) is 4. The lowest BCUT2D eigenvalue weighted by Gasteiger charge is -2.13. The molecule has 1 unspecified atom stereocenters. The highest BCUT2D eigenvalue weighted by atomic mass is 32.1. The van der Waals surface area contributed by atoms with Crippen molar-refractivity contribution in [3.05, 3.63) is 29.8 Å². The third-order valence-corrected chi connectivity index (χ3v) is 2.29. The van der Waals surface area contributed by atoms with Crippen LogP contribution in [0.25, 0.3) is 0 Å². The third-order valence-electron chi connectivity index (χ3n) is 2.05. The van der Waals surface area contributed by atoms with E-state index in [0.29, 0.717) is 22.9 Å². The molecule has 0 aliphatic carbocycles. The van der Waals surface area contributed by atoms with Crippen LogP contribution < -0.4 is 10.5 Å². The normalized spacial score (nSPS) is 11.6. The Morgan fingerprint density at radius 3 is 2.82 bits per heavy atom. The maximum atomic E-state index is 11.4. The summed E-state index contributed by atoms with van der Waals surface area (Å²) in [6.07, 6.45) is -0.656. The van der Waals surface area contributed by atoms with E-state index in [-0.39, 0.29) is 0 Å². The lowest BCUT2D eigenvalue weighted by molar-refractivity contribution is -0.150. The topological polar surface area (TPSA) is 61.5 Å². The van der Waals surface area contributed by atoms with E-state index < -0.39 is 12.1 Å². The van der Waals surface area contributed by atoms with Crippen molar-refractivity contribution in [2.45, 2.75) is 20.0 Å². The van der Waals surface area contributed by atoms with Crippen LogP contribution in [0.15, 0.2) is 24.3 Å². The molecule has 1 rings (SSSR count). The molecule has 1 aromatic rings. The highest BCUT2D eigenvalue weighted by Gasteiger charge is 2.15. The van der Waals surface area contributed by atoms with Gasteiger partial charge < -0.3 is 15.2 Å². The maximum absolute atomic E-state index is 11.4. The van der Waals surface area contributed by atoms with E-state index in [0.717, 1.165) is 0 Å². The van der Waals surface area contributed by atoms with Gasteiger partial charge in [0.1, 0.15) is 10.7 Å². The van der Waals surface area contributed by atoms with E-state index in [1.54, 1.807) is 38.1 Å². The first-order valence-corrected chi connectivity index (χ1v) is 5.68. The Kier molecular flexibility index (Phi) is 4.90. The predicted octanol–water partition coefficient (Wildman–Crippen LogP) is 1.65. The van der Waals surface area contributed by atoms with Crippen molar-refractivity contribution in [3.63, 3.8) is 0 Å². The smallest absolute Gasteiger partial charge is 0.347 e. The molecular weight excluding hydrogens is 238 g/mol. The number of ether oxygens (including phenoxy) is 2. The first-order valence-electron chi connectivity index (χ1n) is 5.27. The highest BCUT2D eigenvalue weighted by molar-refractivity contribution is 7.80. The van der Waals surface area contributed by atoms with Gasteiger partial charge in [0, 0.05) is 5.56 Å². The summed E-state index contributed by atoms with van der Waals surface area (Å²) in [7, 11) is 0. The third kappa shape index (κ3) is 4.03. The van der Waals surface area contributed by atoms with Gasteiger partial charge in [-0.15, -0.1) is 0 Å². The second kappa shape index (κ2) is 6.20. The Hall–Kier alpha value is -1.62. The molecule has 17 heavy (non-hydrogen) atoms. The molecule has 1 aromatic carbocycles. The molecule has 0 spiro atoms. The fraction of sp³-hybridized carbons (Fsp3) is 0.333. The number of nitrogens with two attached hydrogens (primary N) is 1. The summed E-state index contributed by atoms with van der Waals surface area (Å²) >= 11 is 4.86. The Morgan fingerprint density at radius 2 is 2.24 bits per heavy atom. The fourth-order valence-electron chi connectivity index (χ4n) is 1.23. The zero-order valence-electron chi connectivity index (χ0n) is 9.80. The van der Waals surface area contributed by atoms with Gasteiger partial charge in [-0.05, 0) is 26.0 Å². The van der Waals surface area contributed by atoms with Gasteiger partial charge in [0.25, 0.3) is 0 Å². The molecule has 0 amide bonds. The predicted molar refractivity (Wildman–Crippen MR) is 69.1 cm³/mol. The summed E-state index contributed by atoms with van der Waals surface area (Å²) in [6.45, 7) is 3.71. The Morgan fingerprint density at radius 1 is 1.53 bits per heavy atom. The summed E-state index contributed by atoms with van der Waals surface area (Å²) in [4.78, 5) is 11.7. The largest absolute Gasteiger partial charge is 0.479 e. The summed E-state index contributed by atoms with van der Waals surface area (Å²) < 4.78 is 10.3. The maximum Gasteiger partial charge on any atom is 0.347 e. The van der Waals surface area contributed by atoms with Gasteiger partial charge in [0.15, 0.2) is 6.10 Å². The number of benzene rings is 1. The molecule has 0 fully saturated rings. The molecule has 2 N–H and O–H groups in total. The average molecular weight is 253 g/mol. The second-order valence-corrected chi connectivity index (χ2v) is 3.84. The molecule has 0 aromatic heterocycles. The van der Waals surface area contributed by atoms with E-state index in [9.17, 15) is 4.79 Å². The van der Waals surface area contributed by atoms with Crippen molar-refractivity contribution in [1.29, 1.82) is 0 Å². The van der Waals surface area contributed by atoms with Crippen LogP contribution in [-0.4, -0.2) is 23.7 Å². The van der Waals surface area contributed by atoms with Gasteiger partial charge in [-0.25, -0.2) is 4.79 Å². The Balaban J connectivity index is 2.71. The molecule has 0 aliphatic rings. The minimum atomic E-state index is -0.656. The number of carbonyl (C=O) groups is 1. The number of thiocarbonyl (C=S) groups is 1. The van der Waals surface area contributed by atoms with Crippen molar-refractivity contribution in [3.8, 4) is 5.75 Å². The number of rotatable bonds is 5. The molecule has 0 saturated carbocycles. The van der Waals surface area contributed by atoms with Crippen LogP contribution in [0.3, 0.4) is 0 Å². The molecule has 0 radical (unpaired) electrons. The van der Waals surface area contributed by atoms with Gasteiger partial charge in [0.05, 0.1) is 6.61 Å². The van der Waals surface area contributed by atoms with Crippen LogP contribution in [0.1, 0.15) is 19.4 Å². The number of carbonyl (C=O) groups excluding carboxylic acids is 1. The molecule has 0 saturated heterocycles. The Bertz CT molecular complexity index is 420. The number of hydrogen-bond donors (Lipinski definition) is 1. The first-order chi connectivity index (χ1) is 8.04. The number of esters is 1. The van der Waals surface area contributed by atoms with Gasteiger partial charge in [-0.1, -0.05) is 24.4 Å². The van der Waals surface area contributed by atoms with E-state index in [2.05, 4.69) is 0 Å². The quantitative estimate of drug-likeness (QED) is 0.638. The van der Waals surface area contributed by atoms with E-state index >= 15 is 0 Å². The first kappa shape index (κ1) is 13.4. The molecule has 4 nitrogen and oxygen atoms in total. The average Bonchev–Trinajstić information content (AvgIpc) is 2.29. The van der Waals surface area contributed by atoms with Crippen molar-refractivity contribution < 1.29 is 14.3 Å². The summed E-state index contributed by atoms with van der Waals surface area (Å²) in [5, 5.41) is 0. The van der Waals surface area contributed by atoms with Crippen LogP contribution in [0.4, 0.5) is 0 Å². The summed E-state index contributed by atoms with van der Waals surface area (Å²) in [6, 6.07) is 6.97. The van der Waals surface area contributed by atoms with Crippen LogP contribution in [0.2, 0.25) is 0 Å². The minimum Gasteiger partial charge on any atom is -0.479 e. The minimum absolute atomic E-state index is 0.291. The van der Waals surface area contributed by atoms with Crippen molar-refractivity contribution in [2.75, 3.05) is 6.61 Å². The monoisotopic (exact) mass is 253 g/mol.